The van der Waals surface area contributed by atoms with Crippen LogP contribution in [-0.4, -0.2) is 24.5 Å². The van der Waals surface area contributed by atoms with Crippen LogP contribution in [0.5, 0.6) is 0 Å². The van der Waals surface area contributed by atoms with E-state index < -0.39 is 0 Å². The number of rotatable bonds is 4. The average Bonchev–Trinajstić information content (AvgIpc) is 3.11. The molecule has 3 rings (SSSR count). The second kappa shape index (κ2) is 7.47. The Morgan fingerprint density at radius 3 is 2.29 bits per heavy atom. The molecular formula is C18H17ClN2O3. The molecule has 1 fully saturated rings. The van der Waals surface area contributed by atoms with Crippen molar-refractivity contribution in [1.82, 2.24) is 0 Å². The van der Waals surface area contributed by atoms with Gasteiger partial charge in [-0.1, -0.05) is 23.7 Å². The highest BCUT2D eigenvalue weighted by atomic mass is 35.5. The van der Waals surface area contributed by atoms with Gasteiger partial charge in [-0.05, 0) is 49.2 Å². The smallest absolute Gasteiger partial charge is 0.257 e. The van der Waals surface area contributed by atoms with E-state index in [1.807, 2.05) is 0 Å². The van der Waals surface area contributed by atoms with Crippen LogP contribution < -0.4 is 10.6 Å². The Labute approximate surface area is 145 Å². The first-order chi connectivity index (χ1) is 11.6. The third kappa shape index (κ3) is 3.93. The van der Waals surface area contributed by atoms with Gasteiger partial charge in [-0.15, -0.1) is 0 Å². The van der Waals surface area contributed by atoms with Crippen LogP contribution in [0.4, 0.5) is 11.4 Å². The van der Waals surface area contributed by atoms with E-state index >= 15 is 0 Å². The Balaban J connectivity index is 1.61. The lowest BCUT2D eigenvalue weighted by Gasteiger charge is -2.11. The number of amides is 2. The summed E-state index contributed by atoms with van der Waals surface area (Å²) < 4.78 is 5.34. The van der Waals surface area contributed by atoms with E-state index in [0.717, 1.165) is 12.8 Å². The molecule has 0 aromatic heterocycles. The maximum atomic E-state index is 12.2. The quantitative estimate of drug-likeness (QED) is 0.888. The van der Waals surface area contributed by atoms with Crippen molar-refractivity contribution in [3.63, 3.8) is 0 Å². The van der Waals surface area contributed by atoms with E-state index in [1.165, 1.54) is 0 Å². The summed E-state index contributed by atoms with van der Waals surface area (Å²) in [7, 11) is 0. The Morgan fingerprint density at radius 2 is 1.67 bits per heavy atom. The third-order valence-electron chi connectivity index (χ3n) is 3.75. The standard InChI is InChI=1S/C18H17ClN2O3/c19-15-5-2-1-4-14(15)17(22)20-12-7-9-13(10-8-12)21-18(23)16-6-3-11-24-16/h1-2,4-5,7-10,16H,3,6,11H2,(H,20,22)(H,21,23)/t16-/m0/s1. The molecule has 0 aliphatic carbocycles. The van der Waals surface area contributed by atoms with E-state index in [0.29, 0.717) is 28.6 Å². The van der Waals surface area contributed by atoms with Gasteiger partial charge < -0.3 is 15.4 Å². The molecule has 2 N–H and O–H groups in total. The van der Waals surface area contributed by atoms with Crippen molar-refractivity contribution in [2.24, 2.45) is 0 Å². The SMILES string of the molecule is O=C(Nc1ccc(NC(=O)[C@@H]2CCCO2)cc1)c1ccccc1Cl. The van der Waals surface area contributed by atoms with E-state index in [-0.39, 0.29) is 17.9 Å². The number of benzene rings is 2. The first-order valence-corrected chi connectivity index (χ1v) is 8.10. The van der Waals surface area contributed by atoms with Crippen LogP contribution in [0, 0.1) is 0 Å². The predicted octanol–water partition coefficient (Wildman–Crippen LogP) is 3.71. The number of hydrogen-bond donors (Lipinski definition) is 2. The normalized spacial score (nSPS) is 16.6. The summed E-state index contributed by atoms with van der Waals surface area (Å²) in [5.74, 6) is -0.419. The molecule has 6 heteroatoms. The van der Waals surface area contributed by atoms with Crippen molar-refractivity contribution >= 4 is 34.8 Å². The van der Waals surface area contributed by atoms with Crippen molar-refractivity contribution < 1.29 is 14.3 Å². The van der Waals surface area contributed by atoms with Crippen LogP contribution >= 0.6 is 11.6 Å². The zero-order chi connectivity index (χ0) is 16.9. The predicted molar refractivity (Wildman–Crippen MR) is 93.5 cm³/mol. The number of hydrogen-bond acceptors (Lipinski definition) is 3. The van der Waals surface area contributed by atoms with Crippen molar-refractivity contribution in [1.29, 1.82) is 0 Å². The summed E-state index contributed by atoms with van der Waals surface area (Å²) in [6.45, 7) is 0.630. The highest BCUT2D eigenvalue weighted by molar-refractivity contribution is 6.34. The second-order valence-electron chi connectivity index (χ2n) is 5.50. The second-order valence-corrected chi connectivity index (χ2v) is 5.91. The zero-order valence-corrected chi connectivity index (χ0v) is 13.7. The minimum atomic E-state index is -0.371. The summed E-state index contributed by atoms with van der Waals surface area (Å²) in [5.41, 5.74) is 1.69. The first kappa shape index (κ1) is 16.5. The highest BCUT2D eigenvalue weighted by Crippen LogP contribution is 2.20. The Morgan fingerprint density at radius 1 is 1.00 bits per heavy atom. The fourth-order valence-electron chi connectivity index (χ4n) is 2.49. The van der Waals surface area contributed by atoms with Crippen LogP contribution in [0.25, 0.3) is 0 Å². The number of ether oxygens (including phenoxy) is 1. The van der Waals surface area contributed by atoms with E-state index in [2.05, 4.69) is 10.6 Å². The molecule has 1 atom stereocenters. The fourth-order valence-corrected chi connectivity index (χ4v) is 2.71. The molecule has 5 nitrogen and oxygen atoms in total. The minimum Gasteiger partial charge on any atom is -0.368 e. The monoisotopic (exact) mass is 344 g/mol. The van der Waals surface area contributed by atoms with Crippen molar-refractivity contribution in [3.05, 3.63) is 59.1 Å². The number of nitrogens with one attached hydrogen (secondary N) is 2. The van der Waals surface area contributed by atoms with Gasteiger partial charge in [0.1, 0.15) is 6.10 Å². The van der Waals surface area contributed by atoms with Gasteiger partial charge in [-0.25, -0.2) is 0 Å². The summed E-state index contributed by atoms with van der Waals surface area (Å²) >= 11 is 6.01. The van der Waals surface area contributed by atoms with Crippen molar-refractivity contribution in [2.45, 2.75) is 18.9 Å². The summed E-state index contributed by atoms with van der Waals surface area (Å²) in [6, 6.07) is 13.8. The van der Waals surface area contributed by atoms with Crippen LogP contribution in [0.15, 0.2) is 48.5 Å². The van der Waals surface area contributed by atoms with E-state index in [4.69, 9.17) is 16.3 Å². The van der Waals surface area contributed by atoms with Crippen LogP contribution in [-0.2, 0) is 9.53 Å². The van der Waals surface area contributed by atoms with Gasteiger partial charge >= 0.3 is 0 Å². The van der Waals surface area contributed by atoms with Crippen LogP contribution in [0.3, 0.4) is 0 Å². The lowest BCUT2D eigenvalue weighted by Crippen LogP contribution is -2.26. The fraction of sp³-hybridized carbons (Fsp3) is 0.222. The average molecular weight is 345 g/mol. The number of anilines is 2. The maximum Gasteiger partial charge on any atom is 0.257 e. The largest absolute Gasteiger partial charge is 0.368 e. The molecule has 2 aromatic carbocycles. The minimum absolute atomic E-state index is 0.139. The maximum absolute atomic E-state index is 12.2. The molecule has 2 amide bonds. The third-order valence-corrected chi connectivity index (χ3v) is 4.08. The summed E-state index contributed by atoms with van der Waals surface area (Å²) in [6.07, 6.45) is 1.28. The number of halogens is 1. The molecule has 1 heterocycles. The molecule has 0 spiro atoms. The molecule has 124 valence electrons. The number of carbonyl (C=O) groups excluding carboxylic acids is 2. The lowest BCUT2D eigenvalue weighted by atomic mass is 10.2. The van der Waals surface area contributed by atoms with Gasteiger partial charge in [0.05, 0.1) is 10.6 Å². The molecule has 0 radical (unpaired) electrons. The topological polar surface area (TPSA) is 67.4 Å². The molecule has 0 bridgehead atoms. The molecule has 0 saturated carbocycles. The molecule has 24 heavy (non-hydrogen) atoms. The highest BCUT2D eigenvalue weighted by Gasteiger charge is 2.23. The summed E-state index contributed by atoms with van der Waals surface area (Å²) in [5, 5.41) is 5.98. The van der Waals surface area contributed by atoms with Gasteiger partial charge in [0.15, 0.2) is 0 Å². The van der Waals surface area contributed by atoms with Crippen molar-refractivity contribution in [2.75, 3.05) is 17.2 Å². The van der Waals surface area contributed by atoms with Gasteiger partial charge in [-0.2, -0.15) is 0 Å². The molecule has 1 saturated heterocycles. The van der Waals surface area contributed by atoms with Gasteiger partial charge in [0, 0.05) is 18.0 Å². The molecular weight excluding hydrogens is 328 g/mol. The molecule has 1 aliphatic heterocycles. The van der Waals surface area contributed by atoms with Crippen molar-refractivity contribution in [3.8, 4) is 0 Å². The molecule has 0 unspecified atom stereocenters. The Kier molecular flexibility index (Phi) is 5.13. The van der Waals surface area contributed by atoms with Crippen LogP contribution in [0.2, 0.25) is 5.02 Å². The molecule has 1 aliphatic rings. The number of carbonyl (C=O) groups is 2. The Bertz CT molecular complexity index is 740. The molecule has 2 aromatic rings. The zero-order valence-electron chi connectivity index (χ0n) is 12.9. The van der Waals surface area contributed by atoms with E-state index in [1.54, 1.807) is 48.5 Å². The summed E-state index contributed by atoms with van der Waals surface area (Å²) in [4.78, 5) is 24.2. The van der Waals surface area contributed by atoms with Crippen LogP contribution in [0.1, 0.15) is 23.2 Å². The van der Waals surface area contributed by atoms with Gasteiger partial charge in [-0.3, -0.25) is 9.59 Å². The van der Waals surface area contributed by atoms with Gasteiger partial charge in [0.25, 0.3) is 11.8 Å². The Hall–Kier alpha value is -2.37. The van der Waals surface area contributed by atoms with Gasteiger partial charge in [0.2, 0.25) is 0 Å². The lowest BCUT2D eigenvalue weighted by molar-refractivity contribution is -0.124. The first-order valence-electron chi connectivity index (χ1n) is 7.72. The van der Waals surface area contributed by atoms with E-state index in [9.17, 15) is 9.59 Å².